The zero-order valence-electron chi connectivity index (χ0n) is 14.4. The molecule has 6 heteroatoms. The van der Waals surface area contributed by atoms with Crippen LogP contribution in [0.5, 0.6) is 0 Å². The summed E-state index contributed by atoms with van der Waals surface area (Å²) in [6.45, 7) is 6.16. The van der Waals surface area contributed by atoms with E-state index in [-0.39, 0.29) is 11.9 Å². The van der Waals surface area contributed by atoms with Gasteiger partial charge in [-0.1, -0.05) is 37.6 Å². The van der Waals surface area contributed by atoms with E-state index in [1.54, 1.807) is 28.2 Å². The molecule has 0 aliphatic heterocycles. The number of carbonyl (C=O) groups is 1. The van der Waals surface area contributed by atoms with E-state index in [0.717, 1.165) is 16.3 Å². The molecule has 3 rings (SSSR count). The van der Waals surface area contributed by atoms with E-state index in [4.69, 9.17) is 11.6 Å². The van der Waals surface area contributed by atoms with Crippen molar-refractivity contribution in [2.75, 3.05) is 0 Å². The van der Waals surface area contributed by atoms with E-state index in [1.807, 2.05) is 42.6 Å². The molecule has 0 spiro atoms. The average molecular weight is 374 g/mol. The summed E-state index contributed by atoms with van der Waals surface area (Å²) in [6, 6.07) is 13.2. The summed E-state index contributed by atoms with van der Waals surface area (Å²) < 4.78 is 1.66. The molecule has 3 aromatic rings. The number of nitrogens with one attached hydrogen (secondary N) is 1. The summed E-state index contributed by atoms with van der Waals surface area (Å²) in [5.41, 5.74) is 2.04. The second-order valence-corrected chi connectivity index (χ2v) is 7.67. The highest BCUT2D eigenvalue weighted by Gasteiger charge is 2.20. The maximum Gasteiger partial charge on any atom is 0.270 e. The summed E-state index contributed by atoms with van der Waals surface area (Å²) in [6.07, 6.45) is 0. The number of amides is 1. The van der Waals surface area contributed by atoms with Gasteiger partial charge >= 0.3 is 0 Å². The number of hydrogen-bond donors (Lipinski definition) is 1. The SMILES string of the molecule is CC(C)C(C)NC(=O)c1cc(-c2cccs2)nn1-c1cccc(Cl)c1. The molecular weight excluding hydrogens is 354 g/mol. The highest BCUT2D eigenvalue weighted by Crippen LogP contribution is 2.26. The first-order valence-corrected chi connectivity index (χ1v) is 9.42. The van der Waals surface area contributed by atoms with E-state index in [9.17, 15) is 4.79 Å². The Balaban J connectivity index is 2.04. The molecule has 0 saturated heterocycles. The van der Waals surface area contributed by atoms with Gasteiger partial charge in [-0.15, -0.1) is 11.3 Å². The predicted molar refractivity (Wildman–Crippen MR) is 104 cm³/mol. The monoisotopic (exact) mass is 373 g/mol. The highest BCUT2D eigenvalue weighted by molar-refractivity contribution is 7.13. The topological polar surface area (TPSA) is 46.9 Å². The molecule has 0 aliphatic carbocycles. The quantitative estimate of drug-likeness (QED) is 0.681. The molecule has 1 N–H and O–H groups in total. The molecule has 1 aromatic carbocycles. The molecule has 1 amide bonds. The van der Waals surface area contributed by atoms with Crippen molar-refractivity contribution in [3.05, 3.63) is 58.6 Å². The molecule has 0 aliphatic rings. The third kappa shape index (κ3) is 3.94. The van der Waals surface area contributed by atoms with Gasteiger partial charge < -0.3 is 5.32 Å². The molecule has 1 unspecified atom stereocenters. The Kier molecular flexibility index (Phi) is 5.25. The maximum absolute atomic E-state index is 12.8. The van der Waals surface area contributed by atoms with Crippen LogP contribution in [0.25, 0.3) is 16.3 Å². The smallest absolute Gasteiger partial charge is 0.270 e. The Morgan fingerprint density at radius 1 is 1.20 bits per heavy atom. The van der Waals surface area contributed by atoms with Gasteiger partial charge in [0, 0.05) is 11.1 Å². The fourth-order valence-corrected chi connectivity index (χ4v) is 3.21. The lowest BCUT2D eigenvalue weighted by molar-refractivity contribution is 0.0922. The number of benzene rings is 1. The minimum Gasteiger partial charge on any atom is -0.348 e. The first-order valence-electron chi connectivity index (χ1n) is 8.16. The predicted octanol–water partition coefficient (Wildman–Crippen LogP) is 5.03. The minimum absolute atomic E-state index is 0.0698. The highest BCUT2D eigenvalue weighted by atomic mass is 35.5. The van der Waals surface area contributed by atoms with Gasteiger partial charge in [0.2, 0.25) is 0 Å². The molecule has 0 fully saturated rings. The largest absolute Gasteiger partial charge is 0.348 e. The zero-order chi connectivity index (χ0) is 18.0. The fraction of sp³-hybridized carbons (Fsp3) is 0.263. The molecule has 0 bridgehead atoms. The Morgan fingerprint density at radius 2 is 2.00 bits per heavy atom. The van der Waals surface area contributed by atoms with Crippen molar-refractivity contribution in [2.45, 2.75) is 26.8 Å². The lowest BCUT2D eigenvalue weighted by Gasteiger charge is -2.17. The standard InChI is InChI=1S/C19H20ClN3OS/c1-12(2)13(3)21-19(24)17-11-16(18-8-5-9-25-18)22-23(17)15-7-4-6-14(20)10-15/h4-13H,1-3H3,(H,21,24). The molecule has 2 aromatic heterocycles. The van der Waals surface area contributed by atoms with Crippen molar-refractivity contribution in [1.82, 2.24) is 15.1 Å². The van der Waals surface area contributed by atoms with Crippen LogP contribution in [0.2, 0.25) is 5.02 Å². The lowest BCUT2D eigenvalue weighted by atomic mass is 10.1. The van der Waals surface area contributed by atoms with Crippen molar-refractivity contribution in [3.63, 3.8) is 0 Å². The van der Waals surface area contributed by atoms with Crippen LogP contribution in [-0.2, 0) is 0 Å². The number of rotatable bonds is 5. The van der Waals surface area contributed by atoms with Crippen molar-refractivity contribution >= 4 is 28.8 Å². The van der Waals surface area contributed by atoms with Crippen LogP contribution in [0.1, 0.15) is 31.3 Å². The van der Waals surface area contributed by atoms with Crippen molar-refractivity contribution < 1.29 is 4.79 Å². The second kappa shape index (κ2) is 7.42. The van der Waals surface area contributed by atoms with Crippen LogP contribution in [0.15, 0.2) is 47.8 Å². The number of halogens is 1. The van der Waals surface area contributed by atoms with E-state index in [2.05, 4.69) is 24.3 Å². The molecule has 130 valence electrons. The van der Waals surface area contributed by atoms with Crippen LogP contribution in [0.4, 0.5) is 0 Å². The summed E-state index contributed by atoms with van der Waals surface area (Å²) in [5.74, 6) is 0.208. The Morgan fingerprint density at radius 3 is 2.64 bits per heavy atom. The maximum atomic E-state index is 12.8. The number of nitrogens with zero attached hydrogens (tertiary/aromatic N) is 2. The number of carbonyl (C=O) groups excluding carboxylic acids is 1. The minimum atomic E-state index is -0.142. The fourth-order valence-electron chi connectivity index (χ4n) is 2.34. The second-order valence-electron chi connectivity index (χ2n) is 6.29. The molecular formula is C19H20ClN3OS. The Hall–Kier alpha value is -2.11. The molecule has 1 atom stereocenters. The molecule has 25 heavy (non-hydrogen) atoms. The third-order valence-electron chi connectivity index (χ3n) is 4.13. The summed E-state index contributed by atoms with van der Waals surface area (Å²) in [5, 5.41) is 10.3. The molecule has 4 nitrogen and oxygen atoms in total. The Bertz CT molecular complexity index is 871. The molecule has 2 heterocycles. The lowest BCUT2D eigenvalue weighted by Crippen LogP contribution is -2.37. The average Bonchev–Trinajstić information content (AvgIpc) is 3.24. The number of aromatic nitrogens is 2. The number of hydrogen-bond acceptors (Lipinski definition) is 3. The van der Waals surface area contributed by atoms with Crippen LogP contribution >= 0.6 is 22.9 Å². The normalized spacial score (nSPS) is 12.4. The van der Waals surface area contributed by atoms with Gasteiger partial charge in [0.1, 0.15) is 11.4 Å². The van der Waals surface area contributed by atoms with Gasteiger partial charge in [-0.25, -0.2) is 4.68 Å². The van der Waals surface area contributed by atoms with E-state index >= 15 is 0 Å². The van der Waals surface area contributed by atoms with E-state index < -0.39 is 0 Å². The first-order chi connectivity index (χ1) is 12.0. The van der Waals surface area contributed by atoms with Crippen molar-refractivity contribution in [3.8, 4) is 16.3 Å². The Labute approximate surface area is 156 Å². The van der Waals surface area contributed by atoms with Crippen LogP contribution in [0, 0.1) is 5.92 Å². The first kappa shape index (κ1) is 17.7. The molecule has 0 saturated carbocycles. The van der Waals surface area contributed by atoms with Gasteiger partial charge in [0.05, 0.1) is 10.6 Å². The van der Waals surface area contributed by atoms with Crippen molar-refractivity contribution in [1.29, 1.82) is 0 Å². The summed E-state index contributed by atoms with van der Waals surface area (Å²) in [4.78, 5) is 13.8. The summed E-state index contributed by atoms with van der Waals surface area (Å²) in [7, 11) is 0. The van der Waals surface area contributed by atoms with E-state index in [1.165, 1.54) is 0 Å². The van der Waals surface area contributed by atoms with E-state index in [0.29, 0.717) is 16.6 Å². The van der Waals surface area contributed by atoms with Crippen LogP contribution < -0.4 is 5.32 Å². The van der Waals surface area contributed by atoms with Gasteiger partial charge in [0.25, 0.3) is 5.91 Å². The van der Waals surface area contributed by atoms with Gasteiger partial charge in [-0.2, -0.15) is 5.10 Å². The van der Waals surface area contributed by atoms with Crippen molar-refractivity contribution in [2.24, 2.45) is 5.92 Å². The van der Waals surface area contributed by atoms with Gasteiger partial charge in [-0.3, -0.25) is 4.79 Å². The third-order valence-corrected chi connectivity index (χ3v) is 5.25. The van der Waals surface area contributed by atoms with Crippen LogP contribution in [-0.4, -0.2) is 21.7 Å². The van der Waals surface area contributed by atoms with Gasteiger partial charge in [-0.05, 0) is 48.6 Å². The van der Waals surface area contributed by atoms with Gasteiger partial charge in [0.15, 0.2) is 0 Å². The number of thiophene rings is 1. The molecule has 0 radical (unpaired) electrons. The van der Waals surface area contributed by atoms with Crippen LogP contribution in [0.3, 0.4) is 0 Å². The zero-order valence-corrected chi connectivity index (χ0v) is 15.9. The summed E-state index contributed by atoms with van der Waals surface area (Å²) >= 11 is 7.71.